The fourth-order valence-electron chi connectivity index (χ4n) is 9.98. The van der Waals surface area contributed by atoms with Crippen LogP contribution in [0.3, 0.4) is 0 Å². The Bertz CT molecular complexity index is 4200. The second-order valence-corrected chi connectivity index (χ2v) is 16.3. The molecule has 0 aliphatic heterocycles. The Kier molecular flexibility index (Phi) is 7.27. The summed E-state index contributed by atoms with van der Waals surface area (Å²) in [6, 6.07) is 69.6. The summed E-state index contributed by atoms with van der Waals surface area (Å²) in [7, 11) is 0. The molecule has 0 radical (unpaired) electrons. The molecule has 0 aliphatic carbocycles. The summed E-state index contributed by atoms with van der Waals surface area (Å²) in [4.78, 5) is 15.8. The number of hydrogen-bond donors (Lipinski definition) is 0. The van der Waals surface area contributed by atoms with Crippen LogP contribution in [0, 0.1) is 0 Å². The van der Waals surface area contributed by atoms with Crippen molar-refractivity contribution < 1.29 is 8.83 Å². The maximum absolute atomic E-state index is 6.65. The summed E-state index contributed by atoms with van der Waals surface area (Å²) in [5.41, 5.74) is 12.6. The van der Waals surface area contributed by atoms with Gasteiger partial charge in [0, 0.05) is 66.0 Å². The standard InChI is InChI=1S/C57H33N5O2/c1-3-14-34(15-4-1)38-21-13-25-49-52(38)44-29-27-37(33-51(44)64-49)61-46-23-11-8-20-43(46)53-47(61)31-30-42-39-18-7-10-22-45(39)62(54(42)53)57-59-55(35-16-5-2-6-17-35)58-56(60-57)36-26-28-41-40-19-9-12-24-48(40)63-50(41)32-36/h1-33H. The minimum atomic E-state index is 0.530. The van der Waals surface area contributed by atoms with E-state index < -0.39 is 0 Å². The molecule has 14 aromatic rings. The lowest BCUT2D eigenvalue weighted by atomic mass is 9.99. The van der Waals surface area contributed by atoms with Crippen LogP contribution in [0.4, 0.5) is 0 Å². The van der Waals surface area contributed by atoms with Gasteiger partial charge in [-0.1, -0.05) is 140 Å². The van der Waals surface area contributed by atoms with Crippen LogP contribution in [-0.2, 0) is 0 Å². The molecule has 7 nitrogen and oxygen atoms in total. The van der Waals surface area contributed by atoms with Gasteiger partial charge in [-0.05, 0) is 65.7 Å². The SMILES string of the molecule is c1ccc(-c2nc(-c3ccc4c(c3)oc3ccccc34)nc(-n3c4ccccc4c4ccc5c(c6ccccc6n5-c5ccc6c(c5)oc5cccc(-c7ccccc7)c56)c43)n2)cc1. The number of fused-ring (bicyclic) bond motifs is 13. The van der Waals surface area contributed by atoms with Gasteiger partial charge in [0.15, 0.2) is 11.6 Å². The van der Waals surface area contributed by atoms with E-state index in [1.807, 2.05) is 54.6 Å². The van der Waals surface area contributed by atoms with Crippen LogP contribution in [0.5, 0.6) is 0 Å². The topological polar surface area (TPSA) is 74.8 Å². The third kappa shape index (κ3) is 5.06. The van der Waals surface area contributed by atoms with Gasteiger partial charge in [0.2, 0.25) is 5.95 Å². The van der Waals surface area contributed by atoms with Gasteiger partial charge in [-0.15, -0.1) is 0 Å². The highest BCUT2D eigenvalue weighted by molar-refractivity contribution is 6.26. The van der Waals surface area contributed by atoms with Gasteiger partial charge in [0.05, 0.1) is 22.1 Å². The summed E-state index contributed by atoms with van der Waals surface area (Å²) in [5, 5.41) is 8.78. The highest BCUT2D eigenvalue weighted by Gasteiger charge is 2.24. The van der Waals surface area contributed by atoms with Crippen LogP contribution in [0.2, 0.25) is 0 Å². The molecule has 0 spiro atoms. The molecule has 0 bridgehead atoms. The molecule has 0 unspecified atom stereocenters. The van der Waals surface area contributed by atoms with Crippen molar-refractivity contribution in [2.75, 3.05) is 0 Å². The van der Waals surface area contributed by atoms with Gasteiger partial charge >= 0.3 is 0 Å². The second-order valence-electron chi connectivity index (χ2n) is 16.3. The zero-order valence-corrected chi connectivity index (χ0v) is 34.1. The average molecular weight is 820 g/mol. The van der Waals surface area contributed by atoms with Gasteiger partial charge in [0.25, 0.3) is 0 Å². The van der Waals surface area contributed by atoms with E-state index in [0.717, 1.165) is 115 Å². The van der Waals surface area contributed by atoms with E-state index in [2.05, 4.69) is 155 Å². The molecule has 9 aromatic carbocycles. The van der Waals surface area contributed by atoms with Crippen LogP contribution in [0.15, 0.2) is 209 Å². The Balaban J connectivity index is 1.03. The molecule has 0 N–H and O–H groups in total. The third-order valence-corrected chi connectivity index (χ3v) is 12.8. The zero-order valence-electron chi connectivity index (χ0n) is 34.1. The fraction of sp³-hybridized carbons (Fsp3) is 0. The first-order chi connectivity index (χ1) is 31.7. The normalized spacial score (nSPS) is 12.1. The Hall–Kier alpha value is -8.81. The first kappa shape index (κ1) is 34.9. The number of rotatable bonds is 5. The van der Waals surface area contributed by atoms with Crippen molar-refractivity contribution in [3.05, 3.63) is 200 Å². The lowest BCUT2D eigenvalue weighted by Gasteiger charge is -2.12. The van der Waals surface area contributed by atoms with E-state index >= 15 is 0 Å². The predicted molar refractivity (Wildman–Crippen MR) is 259 cm³/mol. The van der Waals surface area contributed by atoms with Crippen LogP contribution >= 0.6 is 0 Å². The van der Waals surface area contributed by atoms with Crippen molar-refractivity contribution in [2.45, 2.75) is 0 Å². The lowest BCUT2D eigenvalue weighted by Crippen LogP contribution is -2.06. The van der Waals surface area contributed by atoms with E-state index in [-0.39, 0.29) is 0 Å². The van der Waals surface area contributed by atoms with Crippen molar-refractivity contribution in [1.82, 2.24) is 24.1 Å². The number of para-hydroxylation sites is 3. The maximum atomic E-state index is 6.65. The number of furan rings is 2. The molecule has 0 saturated carbocycles. The van der Waals surface area contributed by atoms with Crippen molar-refractivity contribution in [3.8, 4) is 45.5 Å². The molecule has 298 valence electrons. The van der Waals surface area contributed by atoms with Crippen molar-refractivity contribution in [1.29, 1.82) is 0 Å². The summed E-state index contributed by atoms with van der Waals surface area (Å²) in [6.07, 6.45) is 0. The smallest absolute Gasteiger partial charge is 0.238 e. The Morgan fingerprint density at radius 2 is 0.938 bits per heavy atom. The van der Waals surface area contributed by atoms with Gasteiger partial charge in [0.1, 0.15) is 22.3 Å². The van der Waals surface area contributed by atoms with E-state index in [9.17, 15) is 0 Å². The molecular weight excluding hydrogens is 787 g/mol. The van der Waals surface area contributed by atoms with Crippen LogP contribution in [0.25, 0.3) is 133 Å². The molecule has 0 aliphatic rings. The Morgan fingerprint density at radius 3 is 1.77 bits per heavy atom. The Morgan fingerprint density at radius 1 is 0.328 bits per heavy atom. The van der Waals surface area contributed by atoms with Crippen molar-refractivity contribution >= 4 is 87.5 Å². The van der Waals surface area contributed by atoms with Gasteiger partial charge < -0.3 is 13.4 Å². The maximum Gasteiger partial charge on any atom is 0.238 e. The molecular formula is C57H33N5O2. The third-order valence-electron chi connectivity index (χ3n) is 12.8. The summed E-state index contributed by atoms with van der Waals surface area (Å²) >= 11 is 0. The van der Waals surface area contributed by atoms with Gasteiger partial charge in [-0.25, -0.2) is 4.98 Å². The van der Waals surface area contributed by atoms with E-state index in [4.69, 9.17) is 23.8 Å². The molecule has 5 aromatic heterocycles. The van der Waals surface area contributed by atoms with Gasteiger partial charge in [-0.2, -0.15) is 9.97 Å². The minimum absolute atomic E-state index is 0.530. The van der Waals surface area contributed by atoms with E-state index in [1.165, 1.54) is 0 Å². The second kappa shape index (κ2) is 13.3. The Labute approximate surface area is 364 Å². The number of aromatic nitrogens is 5. The summed E-state index contributed by atoms with van der Waals surface area (Å²) < 4.78 is 17.6. The van der Waals surface area contributed by atoms with Crippen LogP contribution in [-0.4, -0.2) is 24.1 Å². The zero-order chi connectivity index (χ0) is 41.9. The largest absolute Gasteiger partial charge is 0.456 e. The average Bonchev–Trinajstić information content (AvgIpc) is 4.11. The van der Waals surface area contributed by atoms with Crippen LogP contribution in [0.1, 0.15) is 0 Å². The first-order valence-corrected chi connectivity index (χ1v) is 21.4. The molecule has 14 rings (SSSR count). The van der Waals surface area contributed by atoms with Crippen LogP contribution < -0.4 is 0 Å². The summed E-state index contributed by atoms with van der Waals surface area (Å²) in [6.45, 7) is 0. The quantitative estimate of drug-likeness (QED) is 0.173. The molecule has 7 heteroatoms. The predicted octanol–water partition coefficient (Wildman–Crippen LogP) is 14.9. The number of hydrogen-bond acceptors (Lipinski definition) is 5. The molecule has 0 atom stereocenters. The molecule has 64 heavy (non-hydrogen) atoms. The first-order valence-electron chi connectivity index (χ1n) is 21.4. The fourth-order valence-corrected chi connectivity index (χ4v) is 9.98. The minimum Gasteiger partial charge on any atom is -0.456 e. The van der Waals surface area contributed by atoms with E-state index in [1.54, 1.807) is 0 Å². The highest BCUT2D eigenvalue weighted by Crippen LogP contribution is 2.44. The number of nitrogens with zero attached hydrogens (tertiary/aromatic N) is 5. The highest BCUT2D eigenvalue weighted by atomic mass is 16.3. The van der Waals surface area contributed by atoms with E-state index in [0.29, 0.717) is 17.6 Å². The molecule has 0 saturated heterocycles. The molecule has 0 amide bonds. The van der Waals surface area contributed by atoms with Crippen molar-refractivity contribution in [3.63, 3.8) is 0 Å². The summed E-state index contributed by atoms with van der Waals surface area (Å²) in [5.74, 6) is 1.67. The lowest BCUT2D eigenvalue weighted by molar-refractivity contribution is 0.668. The molecule has 0 fully saturated rings. The van der Waals surface area contributed by atoms with Crippen molar-refractivity contribution in [2.24, 2.45) is 0 Å². The van der Waals surface area contributed by atoms with Gasteiger partial charge in [-0.3, -0.25) is 4.57 Å². The number of benzene rings is 9. The molecule has 5 heterocycles. The monoisotopic (exact) mass is 819 g/mol.